The van der Waals surface area contributed by atoms with Gasteiger partial charge in [-0.15, -0.1) is 0 Å². The highest BCUT2D eigenvalue weighted by atomic mass is 79.9. The highest BCUT2D eigenvalue weighted by Crippen LogP contribution is 2.23. The molecule has 2 nitrogen and oxygen atoms in total. The van der Waals surface area contributed by atoms with Gasteiger partial charge in [-0.2, -0.15) is 5.10 Å². The Kier molecular flexibility index (Phi) is 2.59. The van der Waals surface area contributed by atoms with Crippen molar-refractivity contribution in [2.24, 2.45) is 0 Å². The molecule has 0 saturated carbocycles. The summed E-state index contributed by atoms with van der Waals surface area (Å²) in [7, 11) is 0. The van der Waals surface area contributed by atoms with Gasteiger partial charge in [-0.3, -0.25) is 4.68 Å². The van der Waals surface area contributed by atoms with Crippen molar-refractivity contribution in [1.82, 2.24) is 9.78 Å². The summed E-state index contributed by atoms with van der Waals surface area (Å²) in [6, 6.07) is 6.26. The lowest BCUT2D eigenvalue weighted by Crippen LogP contribution is -2.00. The van der Waals surface area contributed by atoms with Gasteiger partial charge in [0.2, 0.25) is 0 Å². The first-order valence-electron chi connectivity index (χ1n) is 4.79. The van der Waals surface area contributed by atoms with Crippen LogP contribution >= 0.6 is 15.9 Å². The van der Waals surface area contributed by atoms with Crippen molar-refractivity contribution in [3.63, 3.8) is 0 Å². The van der Waals surface area contributed by atoms with Gasteiger partial charge in [0.1, 0.15) is 0 Å². The second-order valence-electron chi connectivity index (χ2n) is 3.37. The Bertz CT molecular complexity index is 460. The van der Waals surface area contributed by atoms with Gasteiger partial charge in [0.25, 0.3) is 0 Å². The number of hydrogen-bond acceptors (Lipinski definition) is 1. The third-order valence-corrected chi connectivity index (χ3v) is 3.04. The van der Waals surface area contributed by atoms with Crippen LogP contribution in [0.15, 0.2) is 18.2 Å². The van der Waals surface area contributed by atoms with Gasteiger partial charge < -0.3 is 0 Å². The van der Waals surface area contributed by atoms with E-state index in [2.05, 4.69) is 57.8 Å². The molecule has 0 atom stereocenters. The average molecular weight is 253 g/mol. The normalized spacial score (nSPS) is 11.1. The van der Waals surface area contributed by atoms with Crippen LogP contribution in [0.1, 0.15) is 18.2 Å². The Morgan fingerprint density at radius 3 is 2.86 bits per heavy atom. The molecule has 0 aliphatic carbocycles. The average Bonchev–Trinajstić information content (AvgIpc) is 2.56. The molecule has 2 aromatic rings. The van der Waals surface area contributed by atoms with Gasteiger partial charge in [0.05, 0.1) is 11.2 Å². The Hall–Kier alpha value is -0.830. The van der Waals surface area contributed by atoms with E-state index in [0.717, 1.165) is 17.4 Å². The number of hydrogen-bond donors (Lipinski definition) is 0. The first kappa shape index (κ1) is 9.71. The number of aryl methyl sites for hydroxylation is 2. The predicted octanol–water partition coefficient (Wildman–Crippen LogP) is 3.26. The molecule has 0 radical (unpaired) electrons. The number of benzene rings is 1. The molecule has 0 saturated heterocycles. The summed E-state index contributed by atoms with van der Waals surface area (Å²) < 4.78 is 2.06. The van der Waals surface area contributed by atoms with E-state index in [-0.39, 0.29) is 0 Å². The zero-order valence-corrected chi connectivity index (χ0v) is 10.0. The van der Waals surface area contributed by atoms with Crippen molar-refractivity contribution in [1.29, 1.82) is 0 Å². The number of rotatable bonds is 2. The van der Waals surface area contributed by atoms with E-state index in [1.165, 1.54) is 16.6 Å². The largest absolute Gasteiger partial charge is 0.268 e. The van der Waals surface area contributed by atoms with E-state index >= 15 is 0 Å². The number of fused-ring (bicyclic) bond motifs is 1. The van der Waals surface area contributed by atoms with Crippen LogP contribution in [0.2, 0.25) is 0 Å². The fraction of sp³-hybridized carbons (Fsp3) is 0.364. The third-order valence-electron chi connectivity index (χ3n) is 2.51. The first-order valence-corrected chi connectivity index (χ1v) is 5.91. The molecule has 3 heteroatoms. The molecule has 14 heavy (non-hydrogen) atoms. The summed E-state index contributed by atoms with van der Waals surface area (Å²) >= 11 is 3.52. The number of aromatic nitrogens is 2. The zero-order valence-electron chi connectivity index (χ0n) is 8.42. The van der Waals surface area contributed by atoms with E-state index in [9.17, 15) is 0 Å². The lowest BCUT2D eigenvalue weighted by Gasteiger charge is -2.01. The van der Waals surface area contributed by atoms with Crippen molar-refractivity contribution < 1.29 is 0 Å². The number of halogens is 1. The Labute approximate surface area is 92.0 Å². The lowest BCUT2D eigenvalue weighted by molar-refractivity contribution is 0.645. The maximum atomic E-state index is 4.55. The minimum absolute atomic E-state index is 0.863. The molecule has 0 N–H and O–H groups in total. The molecule has 0 aliphatic heterocycles. The van der Waals surface area contributed by atoms with Gasteiger partial charge in [-0.05, 0) is 25.5 Å². The molecule has 0 aliphatic rings. The topological polar surface area (TPSA) is 17.8 Å². The van der Waals surface area contributed by atoms with E-state index in [1.807, 2.05) is 0 Å². The van der Waals surface area contributed by atoms with Crippen molar-refractivity contribution >= 4 is 26.8 Å². The van der Waals surface area contributed by atoms with Gasteiger partial charge in [0.15, 0.2) is 0 Å². The minimum Gasteiger partial charge on any atom is -0.268 e. The van der Waals surface area contributed by atoms with Crippen molar-refractivity contribution in [2.45, 2.75) is 25.7 Å². The molecular formula is C11H13BrN2. The quantitative estimate of drug-likeness (QED) is 0.751. The van der Waals surface area contributed by atoms with E-state index in [1.54, 1.807) is 0 Å². The van der Waals surface area contributed by atoms with Crippen LogP contribution in [0.3, 0.4) is 0 Å². The van der Waals surface area contributed by atoms with Gasteiger partial charge >= 0.3 is 0 Å². The minimum atomic E-state index is 0.863. The molecule has 0 fully saturated rings. The fourth-order valence-electron chi connectivity index (χ4n) is 1.83. The van der Waals surface area contributed by atoms with Crippen LogP contribution in [-0.4, -0.2) is 9.78 Å². The molecule has 0 spiro atoms. The molecule has 1 heterocycles. The van der Waals surface area contributed by atoms with Crippen molar-refractivity contribution in [2.75, 3.05) is 0 Å². The second-order valence-corrected chi connectivity index (χ2v) is 3.93. The summed E-state index contributed by atoms with van der Waals surface area (Å²) in [5.74, 6) is 0. The van der Waals surface area contributed by atoms with Crippen molar-refractivity contribution in [3.8, 4) is 0 Å². The van der Waals surface area contributed by atoms with E-state index in [4.69, 9.17) is 0 Å². The van der Waals surface area contributed by atoms with Crippen LogP contribution in [0.25, 0.3) is 10.9 Å². The number of nitrogens with zero attached hydrogens (tertiary/aromatic N) is 2. The van der Waals surface area contributed by atoms with Crippen molar-refractivity contribution in [3.05, 3.63) is 29.5 Å². The molecular weight excluding hydrogens is 240 g/mol. The molecule has 74 valence electrons. The second kappa shape index (κ2) is 3.73. The smallest absolute Gasteiger partial charge is 0.0929 e. The van der Waals surface area contributed by atoms with Gasteiger partial charge in [-0.25, -0.2) is 0 Å². The fourth-order valence-corrected chi connectivity index (χ4v) is 2.40. The van der Waals surface area contributed by atoms with Gasteiger partial charge in [0, 0.05) is 17.3 Å². The molecule has 1 aromatic heterocycles. The Balaban J connectivity index is 2.81. The maximum Gasteiger partial charge on any atom is 0.0929 e. The van der Waals surface area contributed by atoms with E-state index < -0.39 is 0 Å². The maximum absolute atomic E-state index is 4.55. The summed E-state index contributed by atoms with van der Waals surface area (Å²) in [5, 5.41) is 6.71. The van der Waals surface area contributed by atoms with E-state index in [0.29, 0.717) is 0 Å². The Morgan fingerprint density at radius 2 is 2.21 bits per heavy atom. The third kappa shape index (κ3) is 1.36. The zero-order chi connectivity index (χ0) is 10.1. The molecule has 2 rings (SSSR count). The molecule has 0 bridgehead atoms. The monoisotopic (exact) mass is 252 g/mol. The van der Waals surface area contributed by atoms with Crippen LogP contribution in [0.5, 0.6) is 0 Å². The molecule has 0 unspecified atom stereocenters. The Morgan fingerprint density at radius 1 is 1.43 bits per heavy atom. The standard InChI is InChI=1S/C11H13BrN2/c1-3-14-10(7-12)11-8(2)5-4-6-9(11)13-14/h4-6H,3,7H2,1-2H3. The van der Waals surface area contributed by atoms with Gasteiger partial charge in [-0.1, -0.05) is 28.1 Å². The summed E-state index contributed by atoms with van der Waals surface area (Å²) in [4.78, 5) is 0. The number of alkyl halides is 1. The summed E-state index contributed by atoms with van der Waals surface area (Å²) in [5.41, 5.74) is 3.68. The summed E-state index contributed by atoms with van der Waals surface area (Å²) in [6.45, 7) is 5.18. The lowest BCUT2D eigenvalue weighted by atomic mass is 10.1. The van der Waals surface area contributed by atoms with Crippen LogP contribution in [0, 0.1) is 6.92 Å². The SMILES string of the molecule is CCn1nc2cccc(C)c2c1CBr. The summed E-state index contributed by atoms with van der Waals surface area (Å²) in [6.07, 6.45) is 0. The van der Waals surface area contributed by atoms with Crippen LogP contribution in [-0.2, 0) is 11.9 Å². The molecule has 1 aromatic carbocycles. The van der Waals surface area contributed by atoms with Crippen LogP contribution < -0.4 is 0 Å². The highest BCUT2D eigenvalue weighted by Gasteiger charge is 2.10. The first-order chi connectivity index (χ1) is 6.77. The highest BCUT2D eigenvalue weighted by molar-refractivity contribution is 9.08. The van der Waals surface area contributed by atoms with Crippen LogP contribution in [0.4, 0.5) is 0 Å². The predicted molar refractivity (Wildman–Crippen MR) is 62.8 cm³/mol. The molecule has 0 amide bonds.